The van der Waals surface area contributed by atoms with Crippen LogP contribution in [0.5, 0.6) is 5.75 Å². The lowest BCUT2D eigenvalue weighted by Gasteiger charge is -2.24. The third kappa shape index (κ3) is 3.37. The average Bonchev–Trinajstić information content (AvgIpc) is 2.31. The van der Waals surface area contributed by atoms with Gasteiger partial charge in [0.15, 0.2) is 0 Å². The van der Waals surface area contributed by atoms with Gasteiger partial charge in [-0.3, -0.25) is 4.79 Å². The van der Waals surface area contributed by atoms with E-state index < -0.39 is 0 Å². The molecule has 0 aliphatic heterocycles. The van der Waals surface area contributed by atoms with Crippen molar-refractivity contribution in [3.8, 4) is 5.75 Å². The average molecular weight is 236 g/mol. The summed E-state index contributed by atoms with van der Waals surface area (Å²) in [5.41, 5.74) is 1.81. The van der Waals surface area contributed by atoms with Crippen LogP contribution < -0.4 is 15.0 Å². The first kappa shape index (κ1) is 13.4. The van der Waals surface area contributed by atoms with Crippen molar-refractivity contribution in [1.29, 1.82) is 0 Å². The van der Waals surface area contributed by atoms with Crippen LogP contribution in [-0.2, 0) is 4.79 Å². The van der Waals surface area contributed by atoms with Crippen molar-refractivity contribution in [2.45, 2.75) is 20.8 Å². The first-order chi connectivity index (χ1) is 8.12. The molecule has 0 saturated carbocycles. The van der Waals surface area contributed by atoms with Gasteiger partial charge >= 0.3 is 0 Å². The zero-order chi connectivity index (χ0) is 12.8. The maximum Gasteiger partial charge on any atom is 0.221 e. The number of hydrogen-bond donors (Lipinski definition) is 1. The molecule has 0 heterocycles. The first-order valence-corrected chi connectivity index (χ1v) is 5.82. The summed E-state index contributed by atoms with van der Waals surface area (Å²) in [7, 11) is 1.62. The minimum atomic E-state index is -0.0772. The summed E-state index contributed by atoms with van der Waals surface area (Å²) >= 11 is 0. The number of ether oxygens (including phenoxy) is 1. The second kappa shape index (κ2) is 6.13. The van der Waals surface area contributed by atoms with Crippen LogP contribution in [-0.4, -0.2) is 26.1 Å². The maximum absolute atomic E-state index is 11.2. The Morgan fingerprint density at radius 1 is 1.35 bits per heavy atom. The van der Waals surface area contributed by atoms with Gasteiger partial charge in [-0.15, -0.1) is 0 Å². The molecule has 0 radical (unpaired) electrons. The van der Waals surface area contributed by atoms with E-state index in [-0.39, 0.29) is 5.91 Å². The second-order valence-electron chi connectivity index (χ2n) is 3.74. The molecule has 1 N–H and O–H groups in total. The molecule has 1 rings (SSSR count). The monoisotopic (exact) mass is 236 g/mol. The van der Waals surface area contributed by atoms with E-state index in [2.05, 4.69) is 24.1 Å². The van der Waals surface area contributed by atoms with Crippen molar-refractivity contribution in [1.82, 2.24) is 0 Å². The van der Waals surface area contributed by atoms with E-state index in [4.69, 9.17) is 4.74 Å². The number of carbonyl (C=O) groups excluding carboxylic acids is 1. The van der Waals surface area contributed by atoms with E-state index in [1.165, 1.54) is 6.92 Å². The standard InChI is InChI=1S/C13H20N2O2/c1-5-15(6-2)13-8-7-11(17-4)9-12(13)14-10(3)16/h7-9H,5-6H2,1-4H3,(H,14,16). The molecule has 17 heavy (non-hydrogen) atoms. The van der Waals surface area contributed by atoms with Crippen molar-refractivity contribution >= 4 is 17.3 Å². The summed E-state index contributed by atoms with van der Waals surface area (Å²) < 4.78 is 5.17. The zero-order valence-corrected chi connectivity index (χ0v) is 10.9. The summed E-state index contributed by atoms with van der Waals surface area (Å²) in [5, 5.41) is 2.84. The Hall–Kier alpha value is -1.71. The number of benzene rings is 1. The fourth-order valence-electron chi connectivity index (χ4n) is 1.77. The summed E-state index contributed by atoms with van der Waals surface area (Å²) in [6, 6.07) is 5.71. The van der Waals surface area contributed by atoms with Gasteiger partial charge in [0.1, 0.15) is 5.75 Å². The second-order valence-corrected chi connectivity index (χ2v) is 3.74. The minimum absolute atomic E-state index is 0.0772. The van der Waals surface area contributed by atoms with Gasteiger partial charge in [0.05, 0.1) is 18.5 Å². The van der Waals surface area contributed by atoms with Crippen LogP contribution in [0.1, 0.15) is 20.8 Å². The summed E-state index contributed by atoms with van der Waals surface area (Å²) in [6.07, 6.45) is 0. The molecule has 4 heteroatoms. The zero-order valence-electron chi connectivity index (χ0n) is 10.9. The van der Waals surface area contributed by atoms with E-state index >= 15 is 0 Å². The van der Waals surface area contributed by atoms with Crippen LogP contribution in [0.25, 0.3) is 0 Å². The molecule has 1 aromatic rings. The van der Waals surface area contributed by atoms with E-state index in [9.17, 15) is 4.79 Å². The van der Waals surface area contributed by atoms with Gasteiger partial charge in [0.2, 0.25) is 5.91 Å². The number of hydrogen-bond acceptors (Lipinski definition) is 3. The number of amides is 1. The van der Waals surface area contributed by atoms with Gasteiger partial charge in [-0.05, 0) is 26.0 Å². The lowest BCUT2D eigenvalue weighted by atomic mass is 10.2. The Bertz CT molecular complexity index is 387. The van der Waals surface area contributed by atoms with E-state index in [1.54, 1.807) is 7.11 Å². The van der Waals surface area contributed by atoms with Gasteiger partial charge in [-0.1, -0.05) is 0 Å². The predicted molar refractivity (Wildman–Crippen MR) is 70.9 cm³/mol. The topological polar surface area (TPSA) is 41.6 Å². The lowest BCUT2D eigenvalue weighted by molar-refractivity contribution is -0.114. The van der Waals surface area contributed by atoms with Crippen LogP contribution in [0.3, 0.4) is 0 Å². The first-order valence-electron chi connectivity index (χ1n) is 5.82. The molecule has 94 valence electrons. The van der Waals surface area contributed by atoms with Gasteiger partial charge < -0.3 is 15.0 Å². The molecular weight excluding hydrogens is 216 g/mol. The number of anilines is 2. The predicted octanol–water partition coefficient (Wildman–Crippen LogP) is 2.50. The quantitative estimate of drug-likeness (QED) is 0.854. The van der Waals surface area contributed by atoms with Crippen LogP contribution in [0.2, 0.25) is 0 Å². The Labute approximate surface area is 103 Å². The molecule has 0 aliphatic rings. The summed E-state index contributed by atoms with van der Waals surface area (Å²) in [4.78, 5) is 13.4. The fraction of sp³-hybridized carbons (Fsp3) is 0.462. The van der Waals surface area contributed by atoms with Crippen LogP contribution in [0, 0.1) is 0 Å². The highest BCUT2D eigenvalue weighted by molar-refractivity contribution is 5.93. The molecule has 0 saturated heterocycles. The molecule has 0 aliphatic carbocycles. The van der Waals surface area contributed by atoms with Gasteiger partial charge in [-0.2, -0.15) is 0 Å². The highest BCUT2D eigenvalue weighted by Crippen LogP contribution is 2.30. The number of rotatable bonds is 5. The number of methoxy groups -OCH3 is 1. The normalized spacial score (nSPS) is 9.88. The van der Waals surface area contributed by atoms with Crippen molar-refractivity contribution in [2.75, 3.05) is 30.4 Å². The molecule has 0 atom stereocenters. The molecule has 0 bridgehead atoms. The number of carbonyl (C=O) groups is 1. The SMILES string of the molecule is CCN(CC)c1ccc(OC)cc1NC(C)=O. The molecular formula is C13H20N2O2. The molecule has 0 aromatic heterocycles. The minimum Gasteiger partial charge on any atom is -0.497 e. The summed E-state index contributed by atoms with van der Waals surface area (Å²) in [5.74, 6) is 0.663. The third-order valence-corrected chi connectivity index (χ3v) is 2.62. The Morgan fingerprint density at radius 3 is 2.47 bits per heavy atom. The molecule has 1 amide bonds. The Kier molecular flexibility index (Phi) is 4.82. The Morgan fingerprint density at radius 2 is 2.00 bits per heavy atom. The highest BCUT2D eigenvalue weighted by Gasteiger charge is 2.10. The van der Waals surface area contributed by atoms with Crippen molar-refractivity contribution < 1.29 is 9.53 Å². The lowest BCUT2D eigenvalue weighted by Crippen LogP contribution is -2.23. The van der Waals surface area contributed by atoms with Gasteiger partial charge in [0, 0.05) is 26.1 Å². The van der Waals surface area contributed by atoms with Crippen molar-refractivity contribution in [3.05, 3.63) is 18.2 Å². The molecule has 0 unspecified atom stereocenters. The molecule has 4 nitrogen and oxygen atoms in total. The van der Waals surface area contributed by atoms with Crippen LogP contribution in [0.15, 0.2) is 18.2 Å². The highest BCUT2D eigenvalue weighted by atomic mass is 16.5. The molecule has 1 aromatic carbocycles. The smallest absolute Gasteiger partial charge is 0.221 e. The van der Waals surface area contributed by atoms with Crippen LogP contribution in [0.4, 0.5) is 11.4 Å². The molecule has 0 fully saturated rings. The Balaban J connectivity index is 3.13. The molecule has 0 spiro atoms. The fourth-order valence-corrected chi connectivity index (χ4v) is 1.77. The van der Waals surface area contributed by atoms with Gasteiger partial charge in [0.25, 0.3) is 0 Å². The van der Waals surface area contributed by atoms with Crippen LogP contribution >= 0.6 is 0 Å². The van der Waals surface area contributed by atoms with Crippen molar-refractivity contribution in [3.63, 3.8) is 0 Å². The number of nitrogens with one attached hydrogen (secondary N) is 1. The van der Waals surface area contributed by atoms with Gasteiger partial charge in [-0.25, -0.2) is 0 Å². The number of nitrogens with zero attached hydrogens (tertiary/aromatic N) is 1. The largest absolute Gasteiger partial charge is 0.497 e. The summed E-state index contributed by atoms with van der Waals surface area (Å²) in [6.45, 7) is 7.48. The third-order valence-electron chi connectivity index (χ3n) is 2.62. The van der Waals surface area contributed by atoms with E-state index in [0.29, 0.717) is 0 Å². The van der Waals surface area contributed by atoms with E-state index in [0.717, 1.165) is 30.2 Å². The van der Waals surface area contributed by atoms with Crippen molar-refractivity contribution in [2.24, 2.45) is 0 Å². The van der Waals surface area contributed by atoms with E-state index in [1.807, 2.05) is 18.2 Å². The maximum atomic E-state index is 11.2.